The lowest BCUT2D eigenvalue weighted by Crippen LogP contribution is -2.29. The highest BCUT2D eigenvalue weighted by atomic mass is 15.0. The van der Waals surface area contributed by atoms with Crippen LogP contribution in [0.15, 0.2) is 24.3 Å². The molecule has 0 amide bonds. The molecule has 0 heterocycles. The first-order chi connectivity index (χ1) is 8.72. The third-order valence-corrected chi connectivity index (χ3v) is 4.93. The van der Waals surface area contributed by atoms with E-state index in [0.717, 1.165) is 5.92 Å². The van der Waals surface area contributed by atoms with Crippen molar-refractivity contribution < 1.29 is 0 Å². The van der Waals surface area contributed by atoms with E-state index in [1.807, 2.05) is 0 Å². The molecule has 98 valence electrons. The molecule has 0 radical (unpaired) electrons. The number of hydrogen-bond acceptors (Lipinski definition) is 1. The molecule has 2 aliphatic rings. The SMILES string of the molecule is CCC1(CNC(c2ccc(C)cc2)C2CC2)CC1. The Bertz CT molecular complexity index is 398. The molecule has 2 aliphatic carbocycles. The molecule has 1 nitrogen and oxygen atoms in total. The van der Waals surface area contributed by atoms with Crippen LogP contribution < -0.4 is 5.32 Å². The van der Waals surface area contributed by atoms with E-state index in [9.17, 15) is 0 Å². The van der Waals surface area contributed by atoms with E-state index in [2.05, 4.69) is 43.4 Å². The highest BCUT2D eigenvalue weighted by Gasteiger charge is 2.42. The first-order valence-corrected chi connectivity index (χ1v) is 7.52. The van der Waals surface area contributed by atoms with Gasteiger partial charge in [0.05, 0.1) is 0 Å². The summed E-state index contributed by atoms with van der Waals surface area (Å²) >= 11 is 0. The van der Waals surface area contributed by atoms with Crippen LogP contribution in [0, 0.1) is 18.3 Å². The van der Waals surface area contributed by atoms with E-state index in [0.29, 0.717) is 11.5 Å². The average molecular weight is 243 g/mol. The Labute approximate surface area is 111 Å². The summed E-state index contributed by atoms with van der Waals surface area (Å²) < 4.78 is 0. The molecule has 3 rings (SSSR count). The van der Waals surface area contributed by atoms with Gasteiger partial charge in [0, 0.05) is 12.6 Å². The molecule has 0 saturated heterocycles. The Morgan fingerprint density at radius 3 is 2.39 bits per heavy atom. The number of nitrogens with one attached hydrogen (secondary N) is 1. The molecule has 2 saturated carbocycles. The molecule has 0 bridgehead atoms. The lowest BCUT2D eigenvalue weighted by atomic mass is 9.98. The van der Waals surface area contributed by atoms with Crippen molar-refractivity contribution in [3.8, 4) is 0 Å². The molecular formula is C17H25N. The van der Waals surface area contributed by atoms with Gasteiger partial charge in [0.25, 0.3) is 0 Å². The maximum atomic E-state index is 3.87. The maximum absolute atomic E-state index is 3.87. The van der Waals surface area contributed by atoms with Gasteiger partial charge in [-0.3, -0.25) is 0 Å². The fourth-order valence-corrected chi connectivity index (χ4v) is 2.92. The molecule has 1 unspecified atom stereocenters. The van der Waals surface area contributed by atoms with Crippen LogP contribution in [0.3, 0.4) is 0 Å². The fraction of sp³-hybridized carbons (Fsp3) is 0.647. The number of rotatable bonds is 6. The van der Waals surface area contributed by atoms with Crippen molar-refractivity contribution >= 4 is 0 Å². The van der Waals surface area contributed by atoms with Crippen LogP contribution in [0.2, 0.25) is 0 Å². The molecule has 2 fully saturated rings. The minimum Gasteiger partial charge on any atom is -0.309 e. The second-order valence-corrected chi connectivity index (χ2v) is 6.46. The van der Waals surface area contributed by atoms with Crippen molar-refractivity contribution in [2.45, 2.75) is 52.0 Å². The van der Waals surface area contributed by atoms with Gasteiger partial charge >= 0.3 is 0 Å². The van der Waals surface area contributed by atoms with Gasteiger partial charge in [0.15, 0.2) is 0 Å². The molecule has 1 aromatic carbocycles. The predicted octanol–water partition coefficient (Wildman–Crippen LogP) is 4.23. The summed E-state index contributed by atoms with van der Waals surface area (Å²) in [6.45, 7) is 5.73. The van der Waals surface area contributed by atoms with Crippen LogP contribution in [0.1, 0.15) is 56.2 Å². The van der Waals surface area contributed by atoms with Crippen LogP contribution >= 0.6 is 0 Å². The summed E-state index contributed by atoms with van der Waals surface area (Å²) in [6, 6.07) is 9.74. The monoisotopic (exact) mass is 243 g/mol. The summed E-state index contributed by atoms with van der Waals surface area (Å²) in [5.74, 6) is 0.889. The number of hydrogen-bond donors (Lipinski definition) is 1. The lowest BCUT2D eigenvalue weighted by molar-refractivity contribution is 0.384. The van der Waals surface area contributed by atoms with Gasteiger partial charge in [-0.25, -0.2) is 0 Å². The molecule has 18 heavy (non-hydrogen) atoms. The summed E-state index contributed by atoms with van der Waals surface area (Å²) in [7, 11) is 0. The van der Waals surface area contributed by atoms with Gasteiger partial charge in [0.2, 0.25) is 0 Å². The largest absolute Gasteiger partial charge is 0.309 e. The highest BCUT2D eigenvalue weighted by molar-refractivity contribution is 5.25. The molecule has 0 spiro atoms. The lowest BCUT2D eigenvalue weighted by Gasteiger charge is -2.22. The van der Waals surface area contributed by atoms with E-state index in [1.165, 1.54) is 49.8 Å². The maximum Gasteiger partial charge on any atom is 0.0348 e. The van der Waals surface area contributed by atoms with Gasteiger partial charge in [-0.15, -0.1) is 0 Å². The van der Waals surface area contributed by atoms with Crippen molar-refractivity contribution in [3.63, 3.8) is 0 Å². The fourth-order valence-electron chi connectivity index (χ4n) is 2.92. The minimum absolute atomic E-state index is 0.606. The molecule has 1 heteroatoms. The summed E-state index contributed by atoms with van der Waals surface area (Å²) in [4.78, 5) is 0. The third-order valence-electron chi connectivity index (χ3n) is 4.93. The van der Waals surface area contributed by atoms with Crippen LogP contribution in [0.4, 0.5) is 0 Å². The van der Waals surface area contributed by atoms with Crippen LogP contribution in [-0.4, -0.2) is 6.54 Å². The Morgan fingerprint density at radius 1 is 1.22 bits per heavy atom. The first kappa shape index (κ1) is 12.2. The molecule has 1 atom stereocenters. The molecule has 0 aromatic heterocycles. The Kier molecular flexibility index (Phi) is 3.19. The molecule has 1 aromatic rings. The second kappa shape index (κ2) is 4.70. The smallest absolute Gasteiger partial charge is 0.0348 e. The first-order valence-electron chi connectivity index (χ1n) is 7.52. The minimum atomic E-state index is 0.606. The standard InChI is InChI=1S/C17H25N/c1-3-17(10-11-17)12-18-16(15-8-9-15)14-6-4-13(2)5-7-14/h4-7,15-16,18H,3,8-12H2,1-2H3. The number of aryl methyl sites for hydroxylation is 1. The predicted molar refractivity (Wildman–Crippen MR) is 76.6 cm³/mol. The van der Waals surface area contributed by atoms with E-state index >= 15 is 0 Å². The topological polar surface area (TPSA) is 12.0 Å². The van der Waals surface area contributed by atoms with E-state index in [1.54, 1.807) is 0 Å². The Balaban J connectivity index is 1.66. The quantitative estimate of drug-likeness (QED) is 0.788. The molecule has 1 N–H and O–H groups in total. The summed E-state index contributed by atoms with van der Waals surface area (Å²) in [6.07, 6.45) is 7.02. The van der Waals surface area contributed by atoms with Crippen LogP contribution in [0.5, 0.6) is 0 Å². The summed E-state index contributed by atoms with van der Waals surface area (Å²) in [5, 5.41) is 3.87. The third kappa shape index (κ3) is 2.61. The van der Waals surface area contributed by atoms with E-state index in [-0.39, 0.29) is 0 Å². The Hall–Kier alpha value is -0.820. The zero-order chi connectivity index (χ0) is 12.6. The van der Waals surface area contributed by atoms with Crippen molar-refractivity contribution in [1.29, 1.82) is 0 Å². The van der Waals surface area contributed by atoms with Gasteiger partial charge in [-0.05, 0) is 55.9 Å². The van der Waals surface area contributed by atoms with Gasteiger partial charge < -0.3 is 5.32 Å². The van der Waals surface area contributed by atoms with Gasteiger partial charge in [-0.1, -0.05) is 36.8 Å². The van der Waals surface area contributed by atoms with Gasteiger partial charge in [-0.2, -0.15) is 0 Å². The summed E-state index contributed by atoms with van der Waals surface area (Å²) in [5.41, 5.74) is 3.51. The zero-order valence-corrected chi connectivity index (χ0v) is 11.7. The normalized spacial score (nSPS) is 22.8. The van der Waals surface area contributed by atoms with Crippen molar-refractivity contribution in [1.82, 2.24) is 5.32 Å². The van der Waals surface area contributed by atoms with E-state index in [4.69, 9.17) is 0 Å². The van der Waals surface area contributed by atoms with Gasteiger partial charge in [0.1, 0.15) is 0 Å². The Morgan fingerprint density at radius 2 is 1.89 bits per heavy atom. The second-order valence-electron chi connectivity index (χ2n) is 6.46. The zero-order valence-electron chi connectivity index (χ0n) is 11.7. The molecule has 0 aliphatic heterocycles. The van der Waals surface area contributed by atoms with Crippen molar-refractivity contribution in [2.75, 3.05) is 6.54 Å². The van der Waals surface area contributed by atoms with Crippen LogP contribution in [0.25, 0.3) is 0 Å². The van der Waals surface area contributed by atoms with E-state index < -0.39 is 0 Å². The number of benzene rings is 1. The molecular weight excluding hydrogens is 218 g/mol. The van der Waals surface area contributed by atoms with Crippen molar-refractivity contribution in [3.05, 3.63) is 35.4 Å². The van der Waals surface area contributed by atoms with Crippen LogP contribution in [-0.2, 0) is 0 Å². The highest BCUT2D eigenvalue weighted by Crippen LogP contribution is 2.49. The average Bonchev–Trinajstić information content (AvgIpc) is 3.27. The van der Waals surface area contributed by atoms with Crippen molar-refractivity contribution in [2.24, 2.45) is 11.3 Å².